The highest BCUT2D eigenvalue weighted by molar-refractivity contribution is 6.32. The number of amides is 1. The van der Waals surface area contributed by atoms with Gasteiger partial charge < -0.3 is 14.5 Å². The molecule has 174 valence electrons. The number of hydrogen-bond acceptors (Lipinski definition) is 6. The summed E-state index contributed by atoms with van der Waals surface area (Å²) in [5, 5.41) is 16.3. The van der Waals surface area contributed by atoms with Crippen LogP contribution >= 0.6 is 11.6 Å². The molecule has 10 heteroatoms. The molecule has 1 aromatic carbocycles. The summed E-state index contributed by atoms with van der Waals surface area (Å²) in [5.41, 5.74) is 0.617. The summed E-state index contributed by atoms with van der Waals surface area (Å²) < 4.78 is 26.8. The summed E-state index contributed by atoms with van der Waals surface area (Å²) in [7, 11) is 0. The van der Waals surface area contributed by atoms with Gasteiger partial charge in [-0.25, -0.2) is 9.37 Å². The van der Waals surface area contributed by atoms with Gasteiger partial charge in [0.15, 0.2) is 0 Å². The van der Waals surface area contributed by atoms with E-state index in [-0.39, 0.29) is 29.0 Å². The summed E-state index contributed by atoms with van der Waals surface area (Å²) in [5.74, 6) is -0.482. The topological polar surface area (TPSA) is 106 Å². The first-order valence-electron chi connectivity index (χ1n) is 10.4. The van der Waals surface area contributed by atoms with Gasteiger partial charge in [-0.2, -0.15) is 10.4 Å². The van der Waals surface area contributed by atoms with Crippen molar-refractivity contribution in [2.75, 3.05) is 6.61 Å². The van der Waals surface area contributed by atoms with Crippen molar-refractivity contribution in [1.29, 1.82) is 5.26 Å². The molecule has 0 aliphatic rings. The van der Waals surface area contributed by atoms with Gasteiger partial charge >= 0.3 is 0 Å². The largest absolute Gasteiger partial charge is 0.446 e. The Morgan fingerprint density at radius 3 is 2.88 bits per heavy atom. The zero-order chi connectivity index (χ0) is 24.2. The third-order valence-corrected chi connectivity index (χ3v) is 5.17. The van der Waals surface area contributed by atoms with E-state index < -0.39 is 11.4 Å². The second-order valence-corrected chi connectivity index (χ2v) is 8.49. The molecule has 0 unspecified atom stereocenters. The minimum Gasteiger partial charge on any atom is -0.446 e. The van der Waals surface area contributed by atoms with Crippen LogP contribution in [0.1, 0.15) is 44.8 Å². The van der Waals surface area contributed by atoms with E-state index in [1.54, 1.807) is 23.0 Å². The Kier molecular flexibility index (Phi) is 7.51. The van der Waals surface area contributed by atoms with Crippen LogP contribution in [0.5, 0.6) is 0 Å². The van der Waals surface area contributed by atoms with Gasteiger partial charge in [0, 0.05) is 24.4 Å². The predicted molar refractivity (Wildman–Crippen MR) is 120 cm³/mol. The third-order valence-electron chi connectivity index (χ3n) is 4.87. The second kappa shape index (κ2) is 10.1. The molecular weight excluding hydrogens is 449 g/mol. The Hall–Kier alpha value is -3.22. The molecule has 0 aliphatic carbocycles. The molecule has 0 spiro atoms. The quantitative estimate of drug-likeness (QED) is 0.498. The fourth-order valence-corrected chi connectivity index (χ4v) is 3.60. The van der Waals surface area contributed by atoms with Crippen molar-refractivity contribution >= 4 is 17.5 Å². The summed E-state index contributed by atoms with van der Waals surface area (Å²) >= 11 is 5.98. The van der Waals surface area contributed by atoms with E-state index in [9.17, 15) is 9.18 Å². The first-order chi connectivity index (χ1) is 15.6. The van der Waals surface area contributed by atoms with Crippen LogP contribution in [0, 0.1) is 17.1 Å². The van der Waals surface area contributed by atoms with Crippen LogP contribution in [-0.4, -0.2) is 33.3 Å². The van der Waals surface area contributed by atoms with E-state index in [1.165, 1.54) is 18.4 Å². The Morgan fingerprint density at radius 1 is 1.45 bits per heavy atom. The zero-order valence-corrected chi connectivity index (χ0v) is 19.6. The normalized spacial score (nSPS) is 12.4. The Balaban J connectivity index is 1.58. The van der Waals surface area contributed by atoms with Crippen LogP contribution in [0.4, 0.5) is 4.39 Å². The molecule has 33 heavy (non-hydrogen) atoms. The lowest BCUT2D eigenvalue weighted by molar-refractivity contribution is -0.121. The summed E-state index contributed by atoms with van der Waals surface area (Å²) in [6.07, 6.45) is 3.26. The van der Waals surface area contributed by atoms with Crippen LogP contribution in [0.15, 0.2) is 35.1 Å². The lowest BCUT2D eigenvalue weighted by Crippen LogP contribution is -2.36. The van der Waals surface area contributed by atoms with Crippen molar-refractivity contribution < 1.29 is 18.3 Å². The molecule has 0 saturated heterocycles. The Bertz CT molecular complexity index is 1160. The van der Waals surface area contributed by atoms with E-state index in [0.29, 0.717) is 36.0 Å². The maximum Gasteiger partial charge on any atom is 0.226 e. The van der Waals surface area contributed by atoms with Gasteiger partial charge in [0.1, 0.15) is 29.3 Å². The van der Waals surface area contributed by atoms with Crippen LogP contribution in [0.2, 0.25) is 5.02 Å². The summed E-state index contributed by atoms with van der Waals surface area (Å²) in [6.45, 7) is 8.37. The SMILES string of the molecule is CCOC(C)(C)c1nc(CC(=O)N[C@@H](C)Cn2ccc(-c3cc(F)c(C#N)c(Cl)c3)n2)co1. The van der Waals surface area contributed by atoms with Crippen molar-refractivity contribution in [3.8, 4) is 17.3 Å². The fraction of sp³-hybridized carbons (Fsp3) is 0.391. The Labute approximate surface area is 196 Å². The van der Waals surface area contributed by atoms with Crippen molar-refractivity contribution in [2.24, 2.45) is 0 Å². The number of halogens is 2. The van der Waals surface area contributed by atoms with Gasteiger partial charge in [-0.05, 0) is 45.9 Å². The van der Waals surface area contributed by atoms with Gasteiger partial charge in [-0.3, -0.25) is 9.48 Å². The number of rotatable bonds is 9. The van der Waals surface area contributed by atoms with Gasteiger partial charge in [0.2, 0.25) is 11.8 Å². The van der Waals surface area contributed by atoms with E-state index >= 15 is 0 Å². The van der Waals surface area contributed by atoms with Crippen molar-refractivity contribution in [2.45, 2.75) is 52.3 Å². The first-order valence-corrected chi connectivity index (χ1v) is 10.8. The molecule has 1 atom stereocenters. The average Bonchev–Trinajstić information content (AvgIpc) is 3.37. The van der Waals surface area contributed by atoms with Crippen LogP contribution in [-0.2, 0) is 28.1 Å². The number of nitrogens with zero attached hydrogens (tertiary/aromatic N) is 4. The average molecular weight is 474 g/mol. The highest BCUT2D eigenvalue weighted by Gasteiger charge is 2.27. The molecule has 1 N–H and O–H groups in total. The number of aromatic nitrogens is 3. The number of benzene rings is 1. The molecule has 0 bridgehead atoms. The Morgan fingerprint density at radius 2 is 2.21 bits per heavy atom. The number of ether oxygens (including phenoxy) is 1. The van der Waals surface area contributed by atoms with E-state index in [0.717, 1.165) is 0 Å². The smallest absolute Gasteiger partial charge is 0.226 e. The molecular formula is C23H25ClFN5O3. The van der Waals surface area contributed by atoms with E-state index in [4.69, 9.17) is 26.0 Å². The van der Waals surface area contributed by atoms with Crippen LogP contribution in [0.3, 0.4) is 0 Å². The molecule has 2 heterocycles. The van der Waals surface area contributed by atoms with Crippen LogP contribution in [0.25, 0.3) is 11.3 Å². The van der Waals surface area contributed by atoms with Crippen LogP contribution < -0.4 is 5.32 Å². The monoisotopic (exact) mass is 473 g/mol. The number of oxazole rings is 1. The second-order valence-electron chi connectivity index (χ2n) is 8.08. The maximum atomic E-state index is 14.0. The molecule has 0 saturated carbocycles. The number of carbonyl (C=O) groups is 1. The molecule has 8 nitrogen and oxygen atoms in total. The minimum atomic E-state index is -0.698. The van der Waals surface area contributed by atoms with Gasteiger partial charge in [-0.1, -0.05) is 11.6 Å². The number of nitriles is 1. The minimum absolute atomic E-state index is 0.0309. The maximum absolute atomic E-state index is 14.0. The highest BCUT2D eigenvalue weighted by Crippen LogP contribution is 2.27. The number of hydrogen-bond donors (Lipinski definition) is 1. The van der Waals surface area contributed by atoms with Gasteiger partial charge in [-0.15, -0.1) is 0 Å². The molecule has 0 fully saturated rings. The predicted octanol–water partition coefficient (Wildman–Crippen LogP) is 4.22. The summed E-state index contributed by atoms with van der Waals surface area (Å²) in [6, 6.07) is 5.94. The van der Waals surface area contributed by atoms with Crippen molar-refractivity contribution in [3.05, 3.63) is 58.6 Å². The zero-order valence-electron chi connectivity index (χ0n) is 18.9. The molecule has 3 rings (SSSR count). The summed E-state index contributed by atoms with van der Waals surface area (Å²) in [4.78, 5) is 16.8. The van der Waals surface area contributed by atoms with Gasteiger partial charge in [0.25, 0.3) is 0 Å². The third kappa shape index (κ3) is 5.97. The highest BCUT2D eigenvalue weighted by atomic mass is 35.5. The standard InChI is InChI=1S/C23H25ClFN5O3/c1-5-33-23(3,4)22-28-16(13-32-22)10-21(31)27-14(2)12-30-7-6-20(29-30)15-8-18(24)17(11-26)19(25)9-15/h6-9,13-14H,5,10,12H2,1-4H3,(H,27,31)/t14-/m0/s1. The van der Waals surface area contributed by atoms with Crippen molar-refractivity contribution in [1.82, 2.24) is 20.1 Å². The first kappa shape index (κ1) is 24.4. The number of nitrogens with one attached hydrogen (secondary N) is 1. The molecule has 1 amide bonds. The van der Waals surface area contributed by atoms with Gasteiger partial charge in [0.05, 0.1) is 29.4 Å². The van der Waals surface area contributed by atoms with E-state index in [1.807, 2.05) is 27.7 Å². The molecule has 2 aromatic heterocycles. The molecule has 0 radical (unpaired) electrons. The number of carbonyl (C=O) groups excluding carboxylic acids is 1. The molecule has 0 aliphatic heterocycles. The lowest BCUT2D eigenvalue weighted by atomic mass is 10.1. The molecule has 3 aromatic rings. The van der Waals surface area contributed by atoms with Crippen molar-refractivity contribution in [3.63, 3.8) is 0 Å². The van der Waals surface area contributed by atoms with E-state index in [2.05, 4.69) is 15.4 Å². The fourth-order valence-electron chi connectivity index (χ4n) is 3.35. The lowest BCUT2D eigenvalue weighted by Gasteiger charge is -2.20.